The average Bonchev–Trinajstić information content (AvgIpc) is 2.06. The highest BCUT2D eigenvalue weighted by Gasteiger charge is 2.14. The van der Waals surface area contributed by atoms with Crippen LogP contribution in [0.15, 0.2) is 12.7 Å². The number of hydrogen-bond donors (Lipinski definition) is 1. The van der Waals surface area contributed by atoms with Crippen LogP contribution >= 0.6 is 0 Å². The summed E-state index contributed by atoms with van der Waals surface area (Å²) in [5.74, 6) is 0.0666. The second-order valence-electron chi connectivity index (χ2n) is 2.95. The lowest BCUT2D eigenvalue weighted by Gasteiger charge is -2.22. The molecule has 0 aromatic heterocycles. The summed E-state index contributed by atoms with van der Waals surface area (Å²) in [6.07, 6.45) is 3.90. The first-order valence-corrected chi connectivity index (χ1v) is 4.31. The van der Waals surface area contributed by atoms with E-state index < -0.39 is 0 Å². The Hall–Kier alpha value is -0.830. The van der Waals surface area contributed by atoms with Gasteiger partial charge in [-0.15, -0.1) is 6.58 Å². The number of rotatable bonds is 3. The molecule has 3 heteroatoms. The molecule has 3 nitrogen and oxygen atoms in total. The Morgan fingerprint density at radius 3 is 2.83 bits per heavy atom. The van der Waals surface area contributed by atoms with Crippen LogP contribution in [0.2, 0.25) is 0 Å². The van der Waals surface area contributed by atoms with Gasteiger partial charge in [-0.1, -0.05) is 6.08 Å². The second-order valence-corrected chi connectivity index (χ2v) is 2.95. The van der Waals surface area contributed by atoms with Gasteiger partial charge < -0.3 is 10.1 Å². The summed E-state index contributed by atoms with van der Waals surface area (Å²) in [6.45, 7) is 5.03. The van der Waals surface area contributed by atoms with Crippen LogP contribution in [0, 0.1) is 0 Å². The molecule has 0 saturated carbocycles. The minimum atomic E-state index is 0.0666. The maximum absolute atomic E-state index is 11.1. The first-order valence-electron chi connectivity index (χ1n) is 4.31. The van der Waals surface area contributed by atoms with Gasteiger partial charge in [-0.25, -0.2) is 0 Å². The molecule has 1 heterocycles. The molecule has 0 spiro atoms. The lowest BCUT2D eigenvalue weighted by molar-refractivity contribution is -0.121. The fourth-order valence-electron chi connectivity index (χ4n) is 1.26. The Morgan fingerprint density at radius 1 is 1.58 bits per heavy atom. The number of ether oxygens (including phenoxy) is 1. The zero-order valence-corrected chi connectivity index (χ0v) is 7.21. The number of carbonyl (C=O) groups is 1. The summed E-state index contributed by atoms with van der Waals surface area (Å²) in [5.41, 5.74) is 0. The highest BCUT2D eigenvalue weighted by Crippen LogP contribution is 2.05. The standard InChI is InChI=1S/C9H15NO2/c1-2-3-9(11)10-8-4-6-12-7-5-8/h2,8H,1,3-7H2,(H,10,11). The highest BCUT2D eigenvalue weighted by atomic mass is 16.5. The van der Waals surface area contributed by atoms with Crippen molar-refractivity contribution in [2.75, 3.05) is 13.2 Å². The van der Waals surface area contributed by atoms with Gasteiger partial charge >= 0.3 is 0 Å². The van der Waals surface area contributed by atoms with Crippen LogP contribution < -0.4 is 5.32 Å². The molecule has 1 saturated heterocycles. The summed E-state index contributed by atoms with van der Waals surface area (Å²) in [6, 6.07) is 0.311. The number of carbonyl (C=O) groups excluding carboxylic acids is 1. The minimum Gasteiger partial charge on any atom is -0.381 e. The van der Waals surface area contributed by atoms with Gasteiger partial charge in [0.25, 0.3) is 0 Å². The fraction of sp³-hybridized carbons (Fsp3) is 0.667. The van der Waals surface area contributed by atoms with E-state index in [0.29, 0.717) is 12.5 Å². The molecule has 1 N–H and O–H groups in total. The van der Waals surface area contributed by atoms with Gasteiger partial charge in [-0.05, 0) is 12.8 Å². The van der Waals surface area contributed by atoms with E-state index in [0.717, 1.165) is 26.1 Å². The van der Waals surface area contributed by atoms with Crippen molar-refractivity contribution in [2.45, 2.75) is 25.3 Å². The zero-order chi connectivity index (χ0) is 8.81. The van der Waals surface area contributed by atoms with Crippen molar-refractivity contribution in [1.82, 2.24) is 5.32 Å². The van der Waals surface area contributed by atoms with Crippen LogP contribution in [0.25, 0.3) is 0 Å². The summed E-state index contributed by atoms with van der Waals surface area (Å²) >= 11 is 0. The third-order valence-electron chi connectivity index (χ3n) is 1.92. The maximum Gasteiger partial charge on any atom is 0.224 e. The molecule has 68 valence electrons. The van der Waals surface area contributed by atoms with Gasteiger partial charge in [-0.3, -0.25) is 4.79 Å². The topological polar surface area (TPSA) is 38.3 Å². The average molecular weight is 169 g/mol. The lowest BCUT2D eigenvalue weighted by atomic mass is 10.1. The number of hydrogen-bond acceptors (Lipinski definition) is 2. The van der Waals surface area contributed by atoms with Crippen LogP contribution in [0.5, 0.6) is 0 Å². The van der Waals surface area contributed by atoms with Gasteiger partial charge in [0.05, 0.1) is 0 Å². The van der Waals surface area contributed by atoms with Crippen molar-refractivity contribution in [1.29, 1.82) is 0 Å². The van der Waals surface area contributed by atoms with E-state index in [9.17, 15) is 4.79 Å². The maximum atomic E-state index is 11.1. The third-order valence-corrected chi connectivity index (χ3v) is 1.92. The van der Waals surface area contributed by atoms with Crippen LogP contribution in [0.1, 0.15) is 19.3 Å². The predicted molar refractivity (Wildman–Crippen MR) is 46.8 cm³/mol. The molecule has 1 rings (SSSR count). The zero-order valence-electron chi connectivity index (χ0n) is 7.21. The van der Waals surface area contributed by atoms with Gasteiger partial charge in [-0.2, -0.15) is 0 Å². The lowest BCUT2D eigenvalue weighted by Crippen LogP contribution is -2.38. The number of nitrogens with one attached hydrogen (secondary N) is 1. The molecule has 0 atom stereocenters. The normalized spacial score (nSPS) is 18.7. The van der Waals surface area contributed by atoms with E-state index in [1.54, 1.807) is 6.08 Å². The van der Waals surface area contributed by atoms with Crippen molar-refractivity contribution in [3.63, 3.8) is 0 Å². The van der Waals surface area contributed by atoms with Gasteiger partial charge in [0.15, 0.2) is 0 Å². The third kappa shape index (κ3) is 3.05. The highest BCUT2D eigenvalue weighted by molar-refractivity contribution is 5.77. The molecular weight excluding hydrogens is 154 g/mol. The SMILES string of the molecule is C=CCC(=O)NC1CCOCC1. The van der Waals surface area contributed by atoms with E-state index in [1.165, 1.54) is 0 Å². The van der Waals surface area contributed by atoms with Crippen LogP contribution in [-0.4, -0.2) is 25.2 Å². The Kier molecular flexibility index (Phi) is 3.80. The van der Waals surface area contributed by atoms with Crippen molar-refractivity contribution >= 4 is 5.91 Å². The first-order chi connectivity index (χ1) is 5.83. The van der Waals surface area contributed by atoms with Crippen molar-refractivity contribution in [3.8, 4) is 0 Å². The first kappa shape index (κ1) is 9.26. The monoisotopic (exact) mass is 169 g/mol. The Bertz CT molecular complexity index is 162. The van der Waals surface area contributed by atoms with E-state index in [1.807, 2.05) is 0 Å². The summed E-state index contributed by atoms with van der Waals surface area (Å²) < 4.78 is 5.17. The number of amides is 1. The van der Waals surface area contributed by atoms with Crippen LogP contribution in [0.4, 0.5) is 0 Å². The molecule has 0 bridgehead atoms. The smallest absolute Gasteiger partial charge is 0.224 e. The molecule has 0 aromatic rings. The van der Waals surface area contributed by atoms with Crippen LogP contribution in [0.3, 0.4) is 0 Å². The van der Waals surface area contributed by atoms with Gasteiger partial charge in [0, 0.05) is 25.7 Å². The summed E-state index contributed by atoms with van der Waals surface area (Å²) in [5, 5.41) is 2.93. The molecule has 12 heavy (non-hydrogen) atoms. The van der Waals surface area contributed by atoms with Gasteiger partial charge in [0.2, 0.25) is 5.91 Å². The van der Waals surface area contributed by atoms with Gasteiger partial charge in [0.1, 0.15) is 0 Å². The molecule has 0 aromatic carbocycles. The quantitative estimate of drug-likeness (QED) is 0.636. The van der Waals surface area contributed by atoms with Crippen LogP contribution in [-0.2, 0) is 9.53 Å². The molecule has 1 aliphatic heterocycles. The molecule has 1 aliphatic rings. The predicted octanol–water partition coefficient (Wildman–Crippen LogP) is 0.858. The summed E-state index contributed by atoms with van der Waals surface area (Å²) in [7, 11) is 0. The van der Waals surface area contributed by atoms with E-state index in [-0.39, 0.29) is 5.91 Å². The van der Waals surface area contributed by atoms with E-state index in [4.69, 9.17) is 4.74 Å². The molecule has 0 aliphatic carbocycles. The van der Waals surface area contributed by atoms with E-state index >= 15 is 0 Å². The molecule has 0 radical (unpaired) electrons. The molecular formula is C9H15NO2. The Balaban J connectivity index is 2.19. The minimum absolute atomic E-state index is 0.0666. The van der Waals surface area contributed by atoms with Crippen molar-refractivity contribution in [3.05, 3.63) is 12.7 Å². The fourth-order valence-corrected chi connectivity index (χ4v) is 1.26. The molecule has 1 amide bonds. The van der Waals surface area contributed by atoms with E-state index in [2.05, 4.69) is 11.9 Å². The van der Waals surface area contributed by atoms with Crippen molar-refractivity contribution < 1.29 is 9.53 Å². The Labute approximate surface area is 72.8 Å². The summed E-state index contributed by atoms with van der Waals surface area (Å²) in [4.78, 5) is 11.1. The molecule has 1 fully saturated rings. The Morgan fingerprint density at radius 2 is 2.25 bits per heavy atom. The van der Waals surface area contributed by atoms with Crippen molar-refractivity contribution in [2.24, 2.45) is 0 Å². The second kappa shape index (κ2) is 4.93. The molecule has 0 unspecified atom stereocenters. The largest absolute Gasteiger partial charge is 0.381 e.